The summed E-state index contributed by atoms with van der Waals surface area (Å²) in [4.78, 5) is 0. The summed E-state index contributed by atoms with van der Waals surface area (Å²) in [6.45, 7) is 9.23. The predicted octanol–water partition coefficient (Wildman–Crippen LogP) is 4.69. The fourth-order valence-electron chi connectivity index (χ4n) is 3.67. The molecule has 0 radical (unpaired) electrons. The van der Waals surface area contributed by atoms with Gasteiger partial charge in [0.2, 0.25) is 0 Å². The van der Waals surface area contributed by atoms with Crippen LogP contribution in [0.4, 0.5) is 4.39 Å². The van der Waals surface area contributed by atoms with Gasteiger partial charge in [-0.25, -0.2) is 4.39 Å². The average Bonchev–Trinajstić information content (AvgIpc) is 2.26. The lowest BCUT2D eigenvalue weighted by molar-refractivity contribution is 0.145. The van der Waals surface area contributed by atoms with E-state index < -0.39 is 0 Å². The molecule has 1 aromatic rings. The third-order valence-corrected chi connectivity index (χ3v) is 4.24. The van der Waals surface area contributed by atoms with Gasteiger partial charge in [-0.15, -0.1) is 0 Å². The van der Waals surface area contributed by atoms with E-state index in [9.17, 15) is 4.39 Å². The number of benzene rings is 1. The van der Waals surface area contributed by atoms with E-state index in [0.717, 1.165) is 11.5 Å². The molecule has 1 aromatic carbocycles. The lowest BCUT2D eigenvalue weighted by Crippen LogP contribution is -2.41. The van der Waals surface area contributed by atoms with Crippen LogP contribution in [0.2, 0.25) is 0 Å². The maximum atomic E-state index is 12.9. The Bertz CT molecular complexity index is 410. The summed E-state index contributed by atoms with van der Waals surface area (Å²) in [5.41, 5.74) is 1.59. The number of halogens is 1. The number of hydrogen-bond donors (Lipinski definition) is 1. The normalized spacial score (nSPS) is 28.1. The first-order valence-electron chi connectivity index (χ1n) is 7.37. The van der Waals surface area contributed by atoms with Crippen molar-refractivity contribution >= 4 is 0 Å². The van der Waals surface area contributed by atoms with Gasteiger partial charge >= 0.3 is 0 Å². The van der Waals surface area contributed by atoms with Crippen molar-refractivity contribution in [2.45, 2.75) is 59.0 Å². The van der Waals surface area contributed by atoms with Gasteiger partial charge in [0.25, 0.3) is 0 Å². The third-order valence-electron chi connectivity index (χ3n) is 4.24. The summed E-state index contributed by atoms with van der Waals surface area (Å²) >= 11 is 0. The highest BCUT2D eigenvalue weighted by Crippen LogP contribution is 2.39. The monoisotopic (exact) mass is 263 g/mol. The zero-order valence-corrected chi connectivity index (χ0v) is 12.5. The van der Waals surface area contributed by atoms with E-state index >= 15 is 0 Å². The molecule has 0 amide bonds. The molecule has 1 N–H and O–H groups in total. The Hall–Kier alpha value is -0.890. The second-order valence-electron chi connectivity index (χ2n) is 7.05. The maximum absolute atomic E-state index is 12.9. The van der Waals surface area contributed by atoms with Crippen molar-refractivity contribution in [1.82, 2.24) is 5.32 Å². The van der Waals surface area contributed by atoms with E-state index in [1.807, 2.05) is 12.1 Å². The standard InChI is InChI=1S/C17H26FN/c1-12-9-16(11-17(3,4)10-12)19-13(2)14-5-7-15(18)8-6-14/h5-8,12-13,16,19H,9-11H2,1-4H3/t12?,13-,16?/m0/s1. The molecule has 2 unspecified atom stereocenters. The van der Waals surface area contributed by atoms with E-state index in [-0.39, 0.29) is 11.9 Å². The first kappa shape index (κ1) is 14.5. The van der Waals surface area contributed by atoms with Crippen molar-refractivity contribution in [2.75, 3.05) is 0 Å². The Labute approximate surface area is 116 Å². The highest BCUT2D eigenvalue weighted by Gasteiger charge is 2.32. The summed E-state index contributed by atoms with van der Waals surface area (Å²) < 4.78 is 12.9. The van der Waals surface area contributed by atoms with Gasteiger partial charge in [-0.05, 0) is 55.2 Å². The van der Waals surface area contributed by atoms with Gasteiger partial charge in [-0.2, -0.15) is 0 Å². The van der Waals surface area contributed by atoms with Crippen LogP contribution < -0.4 is 5.32 Å². The Balaban J connectivity index is 1.98. The predicted molar refractivity (Wildman–Crippen MR) is 78.5 cm³/mol. The van der Waals surface area contributed by atoms with Crippen LogP contribution in [0.1, 0.15) is 58.6 Å². The fraction of sp³-hybridized carbons (Fsp3) is 0.647. The molecule has 0 heterocycles. The van der Waals surface area contributed by atoms with E-state index in [1.54, 1.807) is 12.1 Å². The van der Waals surface area contributed by atoms with Gasteiger partial charge in [-0.3, -0.25) is 0 Å². The number of nitrogens with one attached hydrogen (secondary N) is 1. The van der Waals surface area contributed by atoms with Crippen molar-refractivity contribution in [1.29, 1.82) is 0 Å². The Morgan fingerprint density at radius 3 is 2.42 bits per heavy atom. The molecule has 1 fully saturated rings. The topological polar surface area (TPSA) is 12.0 Å². The van der Waals surface area contributed by atoms with E-state index in [2.05, 4.69) is 33.0 Å². The van der Waals surface area contributed by atoms with Crippen molar-refractivity contribution in [2.24, 2.45) is 11.3 Å². The van der Waals surface area contributed by atoms with Crippen LogP contribution in [0.3, 0.4) is 0 Å². The molecule has 0 aromatic heterocycles. The smallest absolute Gasteiger partial charge is 0.123 e. The van der Waals surface area contributed by atoms with E-state index in [0.29, 0.717) is 11.5 Å². The van der Waals surface area contributed by atoms with Crippen LogP contribution in [0.25, 0.3) is 0 Å². The van der Waals surface area contributed by atoms with Crippen molar-refractivity contribution in [3.05, 3.63) is 35.6 Å². The molecule has 1 saturated carbocycles. The third kappa shape index (κ3) is 4.04. The number of rotatable bonds is 3. The largest absolute Gasteiger partial charge is 0.307 e. The van der Waals surface area contributed by atoms with Crippen LogP contribution >= 0.6 is 0 Å². The summed E-state index contributed by atoms with van der Waals surface area (Å²) in [5, 5.41) is 3.72. The Kier molecular flexibility index (Phi) is 4.29. The SMILES string of the molecule is CC1CC(N[C@@H](C)c2ccc(F)cc2)CC(C)(C)C1. The molecule has 0 spiro atoms. The fourth-order valence-corrected chi connectivity index (χ4v) is 3.67. The summed E-state index contributed by atoms with van der Waals surface area (Å²) in [5.74, 6) is 0.616. The molecule has 0 aliphatic heterocycles. The molecule has 0 bridgehead atoms. The Morgan fingerprint density at radius 1 is 1.21 bits per heavy atom. The lowest BCUT2D eigenvalue weighted by atomic mass is 9.70. The minimum Gasteiger partial charge on any atom is -0.307 e. The zero-order valence-electron chi connectivity index (χ0n) is 12.5. The van der Waals surface area contributed by atoms with Gasteiger partial charge in [0.1, 0.15) is 5.82 Å². The first-order valence-corrected chi connectivity index (χ1v) is 7.37. The average molecular weight is 263 g/mol. The summed E-state index contributed by atoms with van der Waals surface area (Å²) in [7, 11) is 0. The second-order valence-corrected chi connectivity index (χ2v) is 7.05. The Morgan fingerprint density at radius 2 is 1.84 bits per heavy atom. The molecule has 2 rings (SSSR count). The molecule has 3 atom stereocenters. The minimum absolute atomic E-state index is 0.164. The van der Waals surface area contributed by atoms with Gasteiger partial charge in [0.15, 0.2) is 0 Å². The van der Waals surface area contributed by atoms with Gasteiger partial charge in [0, 0.05) is 12.1 Å². The van der Waals surface area contributed by atoms with Crippen LogP contribution in [0.5, 0.6) is 0 Å². The second kappa shape index (κ2) is 5.62. The lowest BCUT2D eigenvalue weighted by Gasteiger charge is -2.40. The van der Waals surface area contributed by atoms with Crippen molar-refractivity contribution < 1.29 is 4.39 Å². The maximum Gasteiger partial charge on any atom is 0.123 e. The van der Waals surface area contributed by atoms with Crippen LogP contribution in [-0.2, 0) is 0 Å². The van der Waals surface area contributed by atoms with Gasteiger partial charge in [0.05, 0.1) is 0 Å². The van der Waals surface area contributed by atoms with E-state index in [4.69, 9.17) is 0 Å². The molecule has 0 saturated heterocycles. The van der Waals surface area contributed by atoms with Gasteiger partial charge < -0.3 is 5.32 Å². The zero-order chi connectivity index (χ0) is 14.0. The first-order chi connectivity index (χ1) is 8.85. The molecule has 1 aliphatic carbocycles. The van der Waals surface area contributed by atoms with E-state index in [1.165, 1.54) is 19.3 Å². The highest BCUT2D eigenvalue weighted by atomic mass is 19.1. The van der Waals surface area contributed by atoms with Crippen LogP contribution in [-0.4, -0.2) is 6.04 Å². The molecule has 1 nitrogen and oxygen atoms in total. The molecule has 106 valence electrons. The van der Waals surface area contributed by atoms with Crippen molar-refractivity contribution in [3.63, 3.8) is 0 Å². The number of hydrogen-bond acceptors (Lipinski definition) is 1. The molecule has 1 aliphatic rings. The van der Waals surface area contributed by atoms with Crippen LogP contribution in [0, 0.1) is 17.2 Å². The molecular formula is C17H26FN. The molecule has 19 heavy (non-hydrogen) atoms. The molecule has 2 heteroatoms. The van der Waals surface area contributed by atoms with Crippen molar-refractivity contribution in [3.8, 4) is 0 Å². The quantitative estimate of drug-likeness (QED) is 0.834. The van der Waals surface area contributed by atoms with Crippen LogP contribution in [0.15, 0.2) is 24.3 Å². The summed E-state index contributed by atoms with van der Waals surface area (Å²) in [6, 6.07) is 7.70. The minimum atomic E-state index is -0.164. The van der Waals surface area contributed by atoms with Gasteiger partial charge in [-0.1, -0.05) is 32.9 Å². The summed E-state index contributed by atoms with van der Waals surface area (Å²) in [6.07, 6.45) is 3.79. The molecular weight excluding hydrogens is 237 g/mol. The highest BCUT2D eigenvalue weighted by molar-refractivity contribution is 5.19.